The first kappa shape index (κ1) is 27.3. The number of nitrogens with zero attached hydrogens (tertiary/aromatic N) is 4. The average Bonchev–Trinajstić information content (AvgIpc) is 3.27. The molecule has 1 atom stereocenters. The summed E-state index contributed by atoms with van der Waals surface area (Å²) in [5.41, 5.74) is 2.93. The van der Waals surface area contributed by atoms with Crippen molar-refractivity contribution in [2.45, 2.75) is 52.4 Å². The van der Waals surface area contributed by atoms with Crippen LogP contribution in [0.4, 0.5) is 5.69 Å². The predicted octanol–water partition coefficient (Wildman–Crippen LogP) is 6.05. The molecule has 0 radical (unpaired) electrons. The van der Waals surface area contributed by atoms with Gasteiger partial charge in [-0.05, 0) is 48.4 Å². The molecule has 0 spiro atoms. The molecule has 1 aliphatic rings. The second-order valence-corrected chi connectivity index (χ2v) is 9.29. The maximum Gasteiger partial charge on any atom is 0.257 e. The minimum absolute atomic E-state index is 0.0131. The largest absolute Gasteiger partial charge is 0.371 e. The number of carbonyl (C=O) groups excluding carboxylic acids is 1. The van der Waals surface area contributed by atoms with Gasteiger partial charge in [-0.1, -0.05) is 75.6 Å². The van der Waals surface area contributed by atoms with Gasteiger partial charge >= 0.3 is 0 Å². The molecule has 1 aliphatic heterocycles. The van der Waals surface area contributed by atoms with Gasteiger partial charge in [-0.2, -0.15) is 15.8 Å². The van der Waals surface area contributed by atoms with Crippen molar-refractivity contribution in [2.75, 3.05) is 18.0 Å². The lowest BCUT2D eigenvalue weighted by molar-refractivity contribution is -0.114. The van der Waals surface area contributed by atoms with Gasteiger partial charge in [0, 0.05) is 18.8 Å². The lowest BCUT2D eigenvalue weighted by Gasteiger charge is -2.29. The first-order valence-corrected chi connectivity index (χ1v) is 13.0. The minimum Gasteiger partial charge on any atom is -0.371 e. The van der Waals surface area contributed by atoms with E-state index in [1.54, 1.807) is 12.1 Å². The Kier molecular flexibility index (Phi) is 10.1. The van der Waals surface area contributed by atoms with E-state index in [0.29, 0.717) is 11.5 Å². The number of benzene rings is 2. The highest BCUT2D eigenvalue weighted by Gasteiger charge is 2.31. The van der Waals surface area contributed by atoms with Gasteiger partial charge < -0.3 is 10.2 Å². The quantitative estimate of drug-likeness (QED) is 0.364. The number of carbonyl (C=O) groups is 1. The Hall–Kier alpha value is -4.34. The van der Waals surface area contributed by atoms with Crippen molar-refractivity contribution < 1.29 is 4.79 Å². The van der Waals surface area contributed by atoms with Gasteiger partial charge in [-0.15, -0.1) is 0 Å². The van der Waals surface area contributed by atoms with E-state index in [0.717, 1.165) is 38.0 Å². The van der Waals surface area contributed by atoms with E-state index < -0.39 is 5.91 Å². The maximum atomic E-state index is 12.7. The summed E-state index contributed by atoms with van der Waals surface area (Å²) in [7, 11) is 0. The topological polar surface area (TPSA) is 104 Å². The number of hydrogen-bond acceptors (Lipinski definition) is 5. The molecule has 2 aromatic carbocycles. The lowest BCUT2D eigenvalue weighted by atomic mass is 9.97. The Morgan fingerprint density at radius 2 is 1.68 bits per heavy atom. The van der Waals surface area contributed by atoms with E-state index in [-0.39, 0.29) is 22.4 Å². The van der Waals surface area contributed by atoms with E-state index in [1.807, 2.05) is 36.4 Å². The van der Waals surface area contributed by atoms with E-state index in [4.69, 9.17) is 0 Å². The van der Waals surface area contributed by atoms with Crippen LogP contribution >= 0.6 is 0 Å². The third kappa shape index (κ3) is 6.87. The standard InChI is InChI=1S/C31H33N5O/c1-3-5-10-23(4-2)22-36(18-9-13-24-11-7-6-8-12-24)27-16-14-25(15-17-27)29-28(21-34)30(35-31(29)37)26(19-32)20-33/h6-8,11-12,14-17,23H,3-5,9-10,13,18,22H2,1-2H3,(H,35,37). The van der Waals surface area contributed by atoms with Gasteiger partial charge in [0.2, 0.25) is 0 Å². The molecule has 0 aliphatic carbocycles. The molecule has 0 saturated heterocycles. The Labute approximate surface area is 220 Å². The third-order valence-electron chi connectivity index (χ3n) is 6.83. The summed E-state index contributed by atoms with van der Waals surface area (Å²) in [6, 6.07) is 23.7. The molecule has 1 amide bonds. The number of amides is 1. The first-order chi connectivity index (χ1) is 18.1. The summed E-state index contributed by atoms with van der Waals surface area (Å²) >= 11 is 0. The first-order valence-electron chi connectivity index (χ1n) is 13.0. The molecule has 6 heteroatoms. The van der Waals surface area contributed by atoms with E-state index in [2.05, 4.69) is 48.3 Å². The van der Waals surface area contributed by atoms with Crippen molar-refractivity contribution >= 4 is 17.2 Å². The van der Waals surface area contributed by atoms with Crippen LogP contribution in [0.1, 0.15) is 57.1 Å². The van der Waals surface area contributed by atoms with Crippen molar-refractivity contribution in [3.8, 4) is 18.2 Å². The molecule has 0 aromatic heterocycles. The zero-order valence-corrected chi connectivity index (χ0v) is 21.6. The molecule has 0 saturated carbocycles. The summed E-state index contributed by atoms with van der Waals surface area (Å²) < 4.78 is 0. The Bertz CT molecular complexity index is 1250. The van der Waals surface area contributed by atoms with Gasteiger partial charge in [0.05, 0.1) is 16.8 Å². The molecule has 6 nitrogen and oxygen atoms in total. The average molecular weight is 492 g/mol. The number of unbranched alkanes of at least 4 members (excludes halogenated alkanes) is 1. The molecule has 2 aromatic rings. The third-order valence-corrected chi connectivity index (χ3v) is 6.83. The number of hydrogen-bond donors (Lipinski definition) is 1. The summed E-state index contributed by atoms with van der Waals surface area (Å²) in [4.78, 5) is 15.1. The molecule has 1 unspecified atom stereocenters. The predicted molar refractivity (Wildman–Crippen MR) is 146 cm³/mol. The number of rotatable bonds is 12. The van der Waals surface area contributed by atoms with Crippen molar-refractivity contribution in [1.82, 2.24) is 5.32 Å². The number of nitriles is 3. The van der Waals surface area contributed by atoms with Crippen molar-refractivity contribution in [1.29, 1.82) is 15.8 Å². The van der Waals surface area contributed by atoms with Crippen LogP contribution in [0.25, 0.3) is 5.57 Å². The fourth-order valence-corrected chi connectivity index (χ4v) is 4.70. The Balaban J connectivity index is 1.87. The van der Waals surface area contributed by atoms with Crippen LogP contribution in [0.2, 0.25) is 0 Å². The van der Waals surface area contributed by atoms with Crippen molar-refractivity contribution in [3.63, 3.8) is 0 Å². The van der Waals surface area contributed by atoms with Crippen LogP contribution in [0.15, 0.2) is 71.4 Å². The number of aryl methyl sites for hydroxylation is 1. The summed E-state index contributed by atoms with van der Waals surface area (Å²) in [5.74, 6) is 0.126. The van der Waals surface area contributed by atoms with Crippen molar-refractivity contribution in [3.05, 3.63) is 82.6 Å². The number of nitrogens with one attached hydrogen (secondary N) is 1. The molecule has 0 bridgehead atoms. The van der Waals surface area contributed by atoms with Crippen LogP contribution in [0, 0.1) is 39.9 Å². The summed E-state index contributed by atoms with van der Waals surface area (Å²) in [5, 5.41) is 30.6. The summed E-state index contributed by atoms with van der Waals surface area (Å²) in [6.07, 6.45) is 6.78. The Morgan fingerprint density at radius 3 is 2.27 bits per heavy atom. The number of anilines is 1. The van der Waals surface area contributed by atoms with Gasteiger partial charge in [0.15, 0.2) is 5.57 Å². The monoisotopic (exact) mass is 491 g/mol. The highest BCUT2D eigenvalue weighted by atomic mass is 16.2. The zero-order valence-electron chi connectivity index (χ0n) is 21.6. The van der Waals surface area contributed by atoms with Gasteiger partial charge in [-0.3, -0.25) is 4.79 Å². The highest BCUT2D eigenvalue weighted by Crippen LogP contribution is 2.31. The Morgan fingerprint density at radius 1 is 0.973 bits per heavy atom. The van der Waals surface area contributed by atoms with E-state index in [9.17, 15) is 20.6 Å². The molecule has 0 fully saturated rings. The second kappa shape index (κ2) is 13.7. The van der Waals surface area contributed by atoms with Gasteiger partial charge in [-0.25, -0.2) is 0 Å². The minimum atomic E-state index is -0.479. The molecular formula is C31H33N5O. The van der Waals surface area contributed by atoms with E-state index in [1.165, 1.54) is 24.8 Å². The second-order valence-electron chi connectivity index (χ2n) is 9.29. The van der Waals surface area contributed by atoms with Crippen LogP contribution in [0.3, 0.4) is 0 Å². The SMILES string of the molecule is CCCCC(CC)CN(CCCc1ccccc1)c1ccc(C2=C(C#N)C(=C(C#N)C#N)NC2=O)cc1. The fourth-order valence-electron chi connectivity index (χ4n) is 4.70. The number of allylic oxidation sites excluding steroid dienone is 2. The molecule has 3 rings (SSSR count). The normalized spacial score (nSPS) is 13.4. The highest BCUT2D eigenvalue weighted by molar-refractivity contribution is 6.26. The van der Waals surface area contributed by atoms with Gasteiger partial charge in [0.1, 0.15) is 18.2 Å². The van der Waals surface area contributed by atoms with Crippen molar-refractivity contribution in [2.24, 2.45) is 5.92 Å². The summed E-state index contributed by atoms with van der Waals surface area (Å²) in [6.45, 7) is 6.37. The smallest absolute Gasteiger partial charge is 0.257 e. The van der Waals surface area contributed by atoms with E-state index >= 15 is 0 Å². The fraction of sp³-hybridized carbons (Fsp3) is 0.355. The lowest BCUT2D eigenvalue weighted by Crippen LogP contribution is -2.30. The van der Waals surface area contributed by atoms with Crippen LogP contribution in [-0.2, 0) is 11.2 Å². The zero-order chi connectivity index (χ0) is 26.6. The molecule has 188 valence electrons. The van der Waals surface area contributed by atoms with Crippen LogP contribution in [-0.4, -0.2) is 19.0 Å². The molecule has 1 heterocycles. The van der Waals surface area contributed by atoms with Crippen LogP contribution < -0.4 is 10.2 Å². The van der Waals surface area contributed by atoms with Gasteiger partial charge in [0.25, 0.3) is 5.91 Å². The molecular weight excluding hydrogens is 458 g/mol. The molecule has 37 heavy (non-hydrogen) atoms. The maximum absolute atomic E-state index is 12.7. The molecule has 1 N–H and O–H groups in total. The van der Waals surface area contributed by atoms with Crippen LogP contribution in [0.5, 0.6) is 0 Å².